The number of pyridine rings is 1. The van der Waals surface area contributed by atoms with Crippen molar-refractivity contribution in [2.24, 2.45) is 5.92 Å². The lowest BCUT2D eigenvalue weighted by Gasteiger charge is -2.25. The van der Waals surface area contributed by atoms with Crippen LogP contribution in [0.4, 0.5) is 11.5 Å². The molecule has 1 aromatic heterocycles. The van der Waals surface area contributed by atoms with Gasteiger partial charge in [-0.25, -0.2) is 8.42 Å². The van der Waals surface area contributed by atoms with E-state index in [0.717, 1.165) is 0 Å². The summed E-state index contributed by atoms with van der Waals surface area (Å²) in [6.45, 7) is 4.65. The number of hydrogen-bond acceptors (Lipinski definition) is 6. The van der Waals surface area contributed by atoms with Crippen molar-refractivity contribution in [1.29, 1.82) is 0 Å². The molecule has 0 saturated carbocycles. The quantitative estimate of drug-likeness (QED) is 0.882. The maximum absolute atomic E-state index is 11.6. The van der Waals surface area contributed by atoms with Crippen LogP contribution in [0.5, 0.6) is 5.88 Å². The lowest BCUT2D eigenvalue weighted by Crippen LogP contribution is -2.33. The Morgan fingerprint density at radius 3 is 2.76 bits per heavy atom. The van der Waals surface area contributed by atoms with Crippen LogP contribution < -0.4 is 15.4 Å². The molecule has 2 N–H and O–H groups in total. The van der Waals surface area contributed by atoms with Crippen molar-refractivity contribution < 1.29 is 13.2 Å². The average Bonchev–Trinajstić information content (AvgIpc) is 2.77. The maximum atomic E-state index is 11.6. The first-order valence-electron chi connectivity index (χ1n) is 7.11. The normalized spacial score (nSPS) is 20.7. The molecule has 21 heavy (non-hydrogen) atoms. The molecule has 0 aliphatic carbocycles. The smallest absolute Gasteiger partial charge is 0.239 e. The van der Waals surface area contributed by atoms with Crippen molar-refractivity contribution in [3.05, 3.63) is 12.1 Å². The minimum Gasteiger partial charge on any atom is -0.476 e. The van der Waals surface area contributed by atoms with Crippen LogP contribution in [0.2, 0.25) is 0 Å². The third-order valence-electron chi connectivity index (χ3n) is 3.55. The van der Waals surface area contributed by atoms with Crippen LogP contribution in [0.15, 0.2) is 12.1 Å². The van der Waals surface area contributed by atoms with E-state index in [0.29, 0.717) is 36.3 Å². The average molecular weight is 313 g/mol. The predicted octanol–water partition coefficient (Wildman–Crippen LogP) is 1.32. The van der Waals surface area contributed by atoms with E-state index in [1.54, 1.807) is 12.1 Å². The summed E-state index contributed by atoms with van der Waals surface area (Å²) in [4.78, 5) is 6.32. The highest BCUT2D eigenvalue weighted by atomic mass is 32.2. The monoisotopic (exact) mass is 313 g/mol. The van der Waals surface area contributed by atoms with Crippen LogP contribution in [0.25, 0.3) is 0 Å². The summed E-state index contributed by atoms with van der Waals surface area (Å²) in [5.74, 6) is 1.90. The molecule has 1 fully saturated rings. The van der Waals surface area contributed by atoms with Crippen molar-refractivity contribution in [2.45, 2.75) is 26.3 Å². The van der Waals surface area contributed by atoms with Gasteiger partial charge in [0.1, 0.15) is 5.82 Å². The van der Waals surface area contributed by atoms with E-state index >= 15 is 0 Å². The summed E-state index contributed by atoms with van der Waals surface area (Å²) in [6.07, 6.45) is 0.632. The predicted molar refractivity (Wildman–Crippen MR) is 84.4 cm³/mol. The van der Waals surface area contributed by atoms with Crippen LogP contribution in [0, 0.1) is 5.92 Å². The Labute approximate surface area is 126 Å². The van der Waals surface area contributed by atoms with E-state index < -0.39 is 9.84 Å². The van der Waals surface area contributed by atoms with Crippen molar-refractivity contribution in [1.82, 2.24) is 4.98 Å². The molecule has 1 atom stereocenters. The van der Waals surface area contributed by atoms with Gasteiger partial charge in [-0.2, -0.15) is 4.98 Å². The SMILES string of the molecule is CC(C)COc1nc(N(C)C2CCS(=O)(=O)C2)ccc1N. The van der Waals surface area contributed by atoms with E-state index in [4.69, 9.17) is 10.5 Å². The number of sulfone groups is 1. The molecule has 0 amide bonds. The summed E-state index contributed by atoms with van der Waals surface area (Å²) < 4.78 is 28.8. The van der Waals surface area contributed by atoms with E-state index in [2.05, 4.69) is 18.8 Å². The molecule has 2 heterocycles. The van der Waals surface area contributed by atoms with Crippen molar-refractivity contribution >= 4 is 21.3 Å². The lowest BCUT2D eigenvalue weighted by atomic mass is 10.2. The van der Waals surface area contributed by atoms with Gasteiger partial charge in [0.2, 0.25) is 5.88 Å². The summed E-state index contributed by atoms with van der Waals surface area (Å²) >= 11 is 0. The van der Waals surface area contributed by atoms with Crippen molar-refractivity contribution in [3.8, 4) is 5.88 Å². The Balaban J connectivity index is 2.14. The van der Waals surface area contributed by atoms with Crippen LogP contribution >= 0.6 is 0 Å². The third-order valence-corrected chi connectivity index (χ3v) is 5.30. The largest absolute Gasteiger partial charge is 0.476 e. The van der Waals surface area contributed by atoms with Crippen LogP contribution in [-0.2, 0) is 9.84 Å². The van der Waals surface area contributed by atoms with Crippen LogP contribution in [-0.4, -0.2) is 44.6 Å². The molecular formula is C14H23N3O3S. The fourth-order valence-corrected chi connectivity index (χ4v) is 4.04. The number of anilines is 2. The molecule has 1 saturated heterocycles. The molecule has 0 bridgehead atoms. The third kappa shape index (κ3) is 4.00. The van der Waals surface area contributed by atoms with Crippen molar-refractivity contribution in [3.63, 3.8) is 0 Å². The molecule has 6 nitrogen and oxygen atoms in total. The number of hydrogen-bond donors (Lipinski definition) is 1. The number of ether oxygens (including phenoxy) is 1. The van der Waals surface area contributed by atoms with E-state index in [-0.39, 0.29) is 17.5 Å². The highest BCUT2D eigenvalue weighted by molar-refractivity contribution is 7.91. The van der Waals surface area contributed by atoms with Gasteiger partial charge >= 0.3 is 0 Å². The zero-order valence-electron chi connectivity index (χ0n) is 12.7. The molecule has 7 heteroatoms. The Bertz CT molecular complexity index is 601. The first kappa shape index (κ1) is 15.9. The molecule has 0 radical (unpaired) electrons. The van der Waals surface area contributed by atoms with Crippen LogP contribution in [0.3, 0.4) is 0 Å². The fourth-order valence-electron chi connectivity index (χ4n) is 2.27. The second-order valence-electron chi connectivity index (χ2n) is 5.94. The standard InChI is InChI=1S/C14H23N3O3S/c1-10(2)8-20-14-12(15)4-5-13(16-14)17(3)11-6-7-21(18,19)9-11/h4-5,10-11H,6-9,15H2,1-3H3. The van der Waals surface area contributed by atoms with Gasteiger partial charge in [0.25, 0.3) is 0 Å². The Morgan fingerprint density at radius 2 is 2.19 bits per heavy atom. The van der Waals surface area contributed by atoms with E-state index in [9.17, 15) is 8.42 Å². The van der Waals surface area contributed by atoms with Crippen molar-refractivity contribution in [2.75, 3.05) is 35.8 Å². The number of rotatable bonds is 5. The van der Waals surface area contributed by atoms with Gasteiger partial charge in [-0.15, -0.1) is 0 Å². The highest BCUT2D eigenvalue weighted by Gasteiger charge is 2.31. The van der Waals surface area contributed by atoms with Gasteiger partial charge in [0.05, 0.1) is 23.8 Å². The molecule has 0 spiro atoms. The zero-order valence-corrected chi connectivity index (χ0v) is 13.6. The first-order chi connectivity index (χ1) is 9.78. The molecule has 1 aliphatic rings. The maximum Gasteiger partial charge on any atom is 0.239 e. The second kappa shape index (κ2) is 6.09. The number of aromatic nitrogens is 1. The van der Waals surface area contributed by atoms with Gasteiger partial charge in [0.15, 0.2) is 9.84 Å². The number of nitrogens with zero attached hydrogens (tertiary/aromatic N) is 2. The molecule has 1 aliphatic heterocycles. The minimum atomic E-state index is -2.91. The molecule has 2 rings (SSSR count). The summed E-state index contributed by atoms with van der Waals surface area (Å²) in [5, 5.41) is 0. The second-order valence-corrected chi connectivity index (χ2v) is 8.17. The molecule has 1 aromatic rings. The van der Waals surface area contributed by atoms with Gasteiger partial charge < -0.3 is 15.4 Å². The topological polar surface area (TPSA) is 85.5 Å². The Morgan fingerprint density at radius 1 is 1.48 bits per heavy atom. The lowest BCUT2D eigenvalue weighted by molar-refractivity contribution is 0.263. The van der Waals surface area contributed by atoms with Gasteiger partial charge in [-0.05, 0) is 24.5 Å². The minimum absolute atomic E-state index is 0.0379. The van der Waals surface area contributed by atoms with Gasteiger partial charge in [0, 0.05) is 13.1 Å². The summed E-state index contributed by atoms with van der Waals surface area (Å²) in [5.41, 5.74) is 6.36. The van der Waals surface area contributed by atoms with Gasteiger partial charge in [-0.3, -0.25) is 0 Å². The summed E-state index contributed by atoms with van der Waals surface area (Å²) in [7, 11) is -1.06. The zero-order chi connectivity index (χ0) is 15.6. The van der Waals surface area contributed by atoms with Crippen LogP contribution in [0.1, 0.15) is 20.3 Å². The van der Waals surface area contributed by atoms with E-state index in [1.165, 1.54) is 0 Å². The van der Waals surface area contributed by atoms with E-state index in [1.807, 2.05) is 11.9 Å². The Hall–Kier alpha value is -1.50. The first-order valence-corrected chi connectivity index (χ1v) is 8.93. The molecule has 118 valence electrons. The number of nitrogen functional groups attached to an aromatic ring is 1. The van der Waals surface area contributed by atoms with Gasteiger partial charge in [-0.1, -0.05) is 13.8 Å². The summed E-state index contributed by atoms with van der Waals surface area (Å²) in [6, 6.07) is 3.50. The molecular weight excluding hydrogens is 290 g/mol. The Kier molecular flexibility index (Phi) is 4.61. The molecule has 1 unspecified atom stereocenters. The molecule has 0 aromatic carbocycles. The number of nitrogens with two attached hydrogens (primary N) is 1. The highest BCUT2D eigenvalue weighted by Crippen LogP contribution is 2.26. The fraction of sp³-hybridized carbons (Fsp3) is 0.643.